The molecule has 2 rings (SSSR count). The third-order valence-corrected chi connectivity index (χ3v) is 5.39. The monoisotopic (exact) mass is 260 g/mol. The molecule has 0 spiro atoms. The summed E-state index contributed by atoms with van der Waals surface area (Å²) in [5.41, 5.74) is 0. The predicted octanol–water partition coefficient (Wildman–Crippen LogP) is -0.165. The second kappa shape index (κ2) is 4.57. The Morgan fingerprint density at radius 3 is 2.65 bits per heavy atom. The van der Waals surface area contributed by atoms with E-state index in [4.69, 9.17) is 0 Å². The quantitative estimate of drug-likeness (QED) is 0.765. The topological polar surface area (TPSA) is 66.5 Å². The summed E-state index contributed by atoms with van der Waals surface area (Å²) in [6.45, 7) is 5.16. The molecule has 98 valence electrons. The van der Waals surface area contributed by atoms with E-state index in [1.807, 2.05) is 13.8 Å². The van der Waals surface area contributed by atoms with Gasteiger partial charge in [-0.2, -0.15) is 0 Å². The first-order chi connectivity index (χ1) is 7.89. The minimum atomic E-state index is -2.84. The molecule has 1 N–H and O–H groups in total. The van der Waals surface area contributed by atoms with E-state index in [0.717, 1.165) is 0 Å². The van der Waals surface area contributed by atoms with Gasteiger partial charge < -0.3 is 4.90 Å². The summed E-state index contributed by atoms with van der Waals surface area (Å²) < 4.78 is 22.7. The lowest BCUT2D eigenvalue weighted by atomic mass is 10.0. The standard InChI is InChI=1S/C11H20N2O3S/c1-8(2)10-11(14)13(7-12-10)5-9-3-4-17(15,16)6-9/h8-10,12H,3-7H2,1-2H3. The fourth-order valence-corrected chi connectivity index (χ4v) is 4.42. The third-order valence-electron chi connectivity index (χ3n) is 3.55. The van der Waals surface area contributed by atoms with E-state index in [9.17, 15) is 13.2 Å². The van der Waals surface area contributed by atoms with Crippen molar-refractivity contribution in [3.05, 3.63) is 0 Å². The zero-order valence-electron chi connectivity index (χ0n) is 10.3. The molecule has 0 saturated carbocycles. The second-order valence-electron chi connectivity index (χ2n) is 5.41. The molecule has 0 aromatic carbocycles. The van der Waals surface area contributed by atoms with E-state index < -0.39 is 9.84 Å². The first-order valence-electron chi connectivity index (χ1n) is 6.11. The number of carbonyl (C=O) groups is 1. The average Bonchev–Trinajstić information content (AvgIpc) is 2.72. The summed E-state index contributed by atoms with van der Waals surface area (Å²) >= 11 is 0. The minimum Gasteiger partial charge on any atom is -0.328 e. The average molecular weight is 260 g/mol. The highest BCUT2D eigenvalue weighted by Gasteiger charge is 2.36. The van der Waals surface area contributed by atoms with Gasteiger partial charge in [0.05, 0.1) is 24.2 Å². The maximum atomic E-state index is 12.0. The van der Waals surface area contributed by atoms with Gasteiger partial charge in [0.15, 0.2) is 9.84 Å². The van der Waals surface area contributed by atoms with Crippen molar-refractivity contribution in [2.75, 3.05) is 24.7 Å². The van der Waals surface area contributed by atoms with Crippen molar-refractivity contribution in [3.8, 4) is 0 Å². The molecule has 1 amide bonds. The maximum Gasteiger partial charge on any atom is 0.241 e. The van der Waals surface area contributed by atoms with E-state index in [1.165, 1.54) is 0 Å². The molecule has 0 bridgehead atoms. The first-order valence-corrected chi connectivity index (χ1v) is 7.94. The van der Waals surface area contributed by atoms with Crippen LogP contribution in [0.15, 0.2) is 0 Å². The molecule has 0 aromatic heterocycles. The van der Waals surface area contributed by atoms with Crippen LogP contribution in [0.1, 0.15) is 20.3 Å². The van der Waals surface area contributed by atoms with Crippen LogP contribution in [0.25, 0.3) is 0 Å². The Kier molecular flexibility index (Phi) is 3.45. The SMILES string of the molecule is CC(C)C1NCN(CC2CCS(=O)(=O)C2)C1=O. The fourth-order valence-electron chi connectivity index (χ4n) is 2.57. The van der Waals surface area contributed by atoms with Crippen LogP contribution >= 0.6 is 0 Å². The van der Waals surface area contributed by atoms with Crippen molar-refractivity contribution in [1.29, 1.82) is 0 Å². The third kappa shape index (κ3) is 2.80. The molecule has 0 aromatic rings. The van der Waals surface area contributed by atoms with E-state index >= 15 is 0 Å². The Bertz CT molecular complexity index is 405. The number of nitrogens with zero attached hydrogens (tertiary/aromatic N) is 1. The lowest BCUT2D eigenvalue weighted by Gasteiger charge is -2.19. The molecule has 2 aliphatic heterocycles. The van der Waals surface area contributed by atoms with Crippen LogP contribution in [-0.4, -0.2) is 50.0 Å². The lowest BCUT2D eigenvalue weighted by Crippen LogP contribution is -2.36. The van der Waals surface area contributed by atoms with Gasteiger partial charge in [-0.3, -0.25) is 10.1 Å². The molecule has 0 aliphatic carbocycles. The summed E-state index contributed by atoms with van der Waals surface area (Å²) in [7, 11) is -2.84. The molecule has 2 aliphatic rings. The van der Waals surface area contributed by atoms with Gasteiger partial charge in [0.25, 0.3) is 0 Å². The largest absolute Gasteiger partial charge is 0.328 e. The molecule has 2 atom stereocenters. The Balaban J connectivity index is 1.91. The van der Waals surface area contributed by atoms with Crippen LogP contribution < -0.4 is 5.32 Å². The van der Waals surface area contributed by atoms with Gasteiger partial charge in [0.2, 0.25) is 5.91 Å². The highest BCUT2D eigenvalue weighted by Crippen LogP contribution is 2.21. The first kappa shape index (κ1) is 12.8. The minimum absolute atomic E-state index is 0.104. The van der Waals surface area contributed by atoms with Crippen LogP contribution in [0.5, 0.6) is 0 Å². The van der Waals surface area contributed by atoms with E-state index in [-0.39, 0.29) is 35.3 Å². The molecular formula is C11H20N2O3S. The van der Waals surface area contributed by atoms with Crippen molar-refractivity contribution in [1.82, 2.24) is 10.2 Å². The smallest absolute Gasteiger partial charge is 0.241 e. The number of rotatable bonds is 3. The summed E-state index contributed by atoms with van der Waals surface area (Å²) in [4.78, 5) is 13.8. The van der Waals surface area contributed by atoms with E-state index in [0.29, 0.717) is 19.6 Å². The second-order valence-corrected chi connectivity index (χ2v) is 7.64. The van der Waals surface area contributed by atoms with E-state index in [2.05, 4.69) is 5.32 Å². The van der Waals surface area contributed by atoms with Gasteiger partial charge in [-0.15, -0.1) is 0 Å². The normalized spacial score (nSPS) is 32.6. The maximum absolute atomic E-state index is 12.0. The molecule has 6 heteroatoms. The van der Waals surface area contributed by atoms with Gasteiger partial charge in [0.1, 0.15) is 0 Å². The predicted molar refractivity (Wildman–Crippen MR) is 65.1 cm³/mol. The van der Waals surface area contributed by atoms with Gasteiger partial charge in [0, 0.05) is 6.54 Å². The van der Waals surface area contributed by atoms with Crippen LogP contribution in [0.4, 0.5) is 0 Å². The molecule has 17 heavy (non-hydrogen) atoms. The van der Waals surface area contributed by atoms with Crippen LogP contribution in [0, 0.1) is 11.8 Å². The van der Waals surface area contributed by atoms with Crippen molar-refractivity contribution in [2.24, 2.45) is 11.8 Å². The molecule has 2 fully saturated rings. The van der Waals surface area contributed by atoms with Gasteiger partial charge in [-0.1, -0.05) is 13.8 Å². The molecule has 2 heterocycles. The van der Waals surface area contributed by atoms with Gasteiger partial charge >= 0.3 is 0 Å². The van der Waals surface area contributed by atoms with E-state index in [1.54, 1.807) is 4.90 Å². The molecular weight excluding hydrogens is 240 g/mol. The molecule has 5 nitrogen and oxygen atoms in total. The number of amides is 1. The Morgan fingerprint density at radius 2 is 2.18 bits per heavy atom. The van der Waals surface area contributed by atoms with Crippen LogP contribution in [0.2, 0.25) is 0 Å². The van der Waals surface area contributed by atoms with Crippen molar-refractivity contribution in [2.45, 2.75) is 26.3 Å². The van der Waals surface area contributed by atoms with Crippen molar-refractivity contribution in [3.63, 3.8) is 0 Å². The summed E-state index contributed by atoms with van der Waals surface area (Å²) in [6, 6.07) is -0.104. The van der Waals surface area contributed by atoms with Gasteiger partial charge in [-0.25, -0.2) is 8.42 Å². The molecule has 2 saturated heterocycles. The zero-order valence-corrected chi connectivity index (χ0v) is 11.2. The molecule has 2 unspecified atom stereocenters. The highest BCUT2D eigenvalue weighted by atomic mass is 32.2. The lowest BCUT2D eigenvalue weighted by molar-refractivity contribution is -0.130. The number of hydrogen-bond acceptors (Lipinski definition) is 4. The summed E-state index contributed by atoms with van der Waals surface area (Å²) in [5, 5.41) is 3.18. The summed E-state index contributed by atoms with van der Waals surface area (Å²) in [5.74, 6) is 1.03. The zero-order chi connectivity index (χ0) is 12.6. The number of carbonyl (C=O) groups excluding carboxylic acids is 1. The molecule has 0 radical (unpaired) electrons. The van der Waals surface area contributed by atoms with Crippen LogP contribution in [-0.2, 0) is 14.6 Å². The van der Waals surface area contributed by atoms with Crippen LogP contribution in [0.3, 0.4) is 0 Å². The number of hydrogen-bond donors (Lipinski definition) is 1. The number of nitrogens with one attached hydrogen (secondary N) is 1. The van der Waals surface area contributed by atoms with Crippen molar-refractivity contribution >= 4 is 15.7 Å². The van der Waals surface area contributed by atoms with Crippen molar-refractivity contribution < 1.29 is 13.2 Å². The fraction of sp³-hybridized carbons (Fsp3) is 0.909. The van der Waals surface area contributed by atoms with Gasteiger partial charge in [-0.05, 0) is 18.3 Å². The number of sulfone groups is 1. The Hall–Kier alpha value is -0.620. The Morgan fingerprint density at radius 1 is 1.47 bits per heavy atom. The summed E-state index contributed by atoms with van der Waals surface area (Å²) in [6.07, 6.45) is 0.693. The Labute approximate surface area is 102 Å². The highest BCUT2D eigenvalue weighted by molar-refractivity contribution is 7.91.